The van der Waals surface area contributed by atoms with Crippen LogP contribution in [0.5, 0.6) is 0 Å². The maximum Gasteiger partial charge on any atom is 0.416 e. The van der Waals surface area contributed by atoms with Crippen molar-refractivity contribution in [3.8, 4) is 0 Å². The number of carbonyl (C=O) groups is 1. The minimum Gasteiger partial charge on any atom is -0.293 e. The van der Waals surface area contributed by atoms with Crippen molar-refractivity contribution in [2.75, 3.05) is 0 Å². The molecule has 1 unspecified atom stereocenters. The van der Waals surface area contributed by atoms with Gasteiger partial charge in [0.2, 0.25) is 0 Å². The topological polar surface area (TPSA) is 17.1 Å². The summed E-state index contributed by atoms with van der Waals surface area (Å²) in [5.41, 5.74) is 1.59. The number of ketones is 1. The van der Waals surface area contributed by atoms with Gasteiger partial charge in [0.15, 0.2) is 5.78 Å². The predicted molar refractivity (Wildman–Crippen MR) is 68.7 cm³/mol. The smallest absolute Gasteiger partial charge is 0.293 e. The lowest BCUT2D eigenvalue weighted by Gasteiger charge is -2.11. The Kier molecular flexibility index (Phi) is 2.89. The Balaban J connectivity index is 1.91. The van der Waals surface area contributed by atoms with Crippen LogP contribution in [0, 0.1) is 0 Å². The first-order chi connectivity index (χ1) is 9.47. The van der Waals surface area contributed by atoms with Gasteiger partial charge < -0.3 is 0 Å². The molecular formula is C16H11F3O. The summed E-state index contributed by atoms with van der Waals surface area (Å²) < 4.78 is 37.6. The van der Waals surface area contributed by atoms with Crippen molar-refractivity contribution in [3.63, 3.8) is 0 Å². The fourth-order valence-corrected chi connectivity index (χ4v) is 2.61. The third kappa shape index (κ3) is 2.11. The van der Waals surface area contributed by atoms with Gasteiger partial charge in [-0.15, -0.1) is 0 Å². The highest BCUT2D eigenvalue weighted by Crippen LogP contribution is 2.35. The highest BCUT2D eigenvalue weighted by molar-refractivity contribution is 6.05. The van der Waals surface area contributed by atoms with Gasteiger partial charge in [-0.1, -0.05) is 36.4 Å². The Morgan fingerprint density at radius 2 is 1.60 bits per heavy atom. The second kappa shape index (κ2) is 4.47. The van der Waals surface area contributed by atoms with Crippen LogP contribution >= 0.6 is 0 Å². The van der Waals surface area contributed by atoms with E-state index in [1.165, 1.54) is 12.1 Å². The molecule has 0 aromatic heterocycles. The Morgan fingerprint density at radius 1 is 0.950 bits per heavy atom. The van der Waals surface area contributed by atoms with Gasteiger partial charge in [0.05, 0.1) is 11.5 Å². The van der Waals surface area contributed by atoms with Crippen LogP contribution in [0.25, 0.3) is 0 Å². The Hall–Kier alpha value is -2.10. The van der Waals surface area contributed by atoms with Crippen molar-refractivity contribution in [1.82, 2.24) is 0 Å². The average molecular weight is 276 g/mol. The molecule has 0 saturated heterocycles. The third-order valence-corrected chi connectivity index (χ3v) is 3.66. The Morgan fingerprint density at radius 3 is 2.20 bits per heavy atom. The van der Waals surface area contributed by atoms with E-state index in [4.69, 9.17) is 0 Å². The van der Waals surface area contributed by atoms with Gasteiger partial charge in [0, 0.05) is 5.56 Å². The van der Waals surface area contributed by atoms with E-state index in [9.17, 15) is 18.0 Å². The van der Waals surface area contributed by atoms with Gasteiger partial charge in [-0.25, -0.2) is 0 Å². The van der Waals surface area contributed by atoms with E-state index in [1.54, 1.807) is 12.1 Å². The van der Waals surface area contributed by atoms with Crippen LogP contribution in [0.1, 0.15) is 33.0 Å². The number of halogens is 3. The lowest BCUT2D eigenvalue weighted by atomic mass is 9.94. The van der Waals surface area contributed by atoms with Crippen LogP contribution in [0.15, 0.2) is 48.5 Å². The summed E-state index contributed by atoms with van der Waals surface area (Å²) in [6, 6.07) is 12.2. The summed E-state index contributed by atoms with van der Waals surface area (Å²) in [6.45, 7) is 0. The van der Waals surface area contributed by atoms with Crippen LogP contribution in [0.4, 0.5) is 13.2 Å². The number of hydrogen-bond donors (Lipinski definition) is 0. The fraction of sp³-hybridized carbons (Fsp3) is 0.188. The number of carbonyl (C=O) groups excluding carboxylic acids is 1. The van der Waals surface area contributed by atoms with E-state index >= 15 is 0 Å². The quantitative estimate of drug-likeness (QED) is 0.761. The SMILES string of the molecule is O=C1c2ccccc2CC1c1ccc(C(F)(F)F)cc1. The molecule has 0 saturated carbocycles. The molecule has 0 aliphatic heterocycles. The lowest BCUT2D eigenvalue weighted by Crippen LogP contribution is -2.09. The van der Waals surface area contributed by atoms with E-state index in [1.807, 2.05) is 12.1 Å². The second-order valence-electron chi connectivity index (χ2n) is 4.90. The first-order valence-electron chi connectivity index (χ1n) is 6.26. The van der Waals surface area contributed by atoms with Crippen molar-refractivity contribution < 1.29 is 18.0 Å². The van der Waals surface area contributed by atoms with Crippen LogP contribution in [0.3, 0.4) is 0 Å². The number of hydrogen-bond acceptors (Lipinski definition) is 1. The summed E-state index contributed by atoms with van der Waals surface area (Å²) in [7, 11) is 0. The zero-order chi connectivity index (χ0) is 14.3. The van der Waals surface area contributed by atoms with Crippen molar-refractivity contribution >= 4 is 5.78 Å². The van der Waals surface area contributed by atoms with Gasteiger partial charge in [-0.2, -0.15) is 13.2 Å². The van der Waals surface area contributed by atoms with Crippen LogP contribution in [-0.4, -0.2) is 5.78 Å². The fourth-order valence-electron chi connectivity index (χ4n) is 2.61. The van der Waals surface area contributed by atoms with E-state index in [0.29, 0.717) is 17.5 Å². The molecule has 1 aliphatic rings. The van der Waals surface area contributed by atoms with Crippen LogP contribution in [-0.2, 0) is 12.6 Å². The number of rotatable bonds is 1. The van der Waals surface area contributed by atoms with Gasteiger partial charge in [-0.3, -0.25) is 4.79 Å². The minimum atomic E-state index is -4.35. The number of fused-ring (bicyclic) bond motifs is 1. The largest absolute Gasteiger partial charge is 0.416 e. The molecule has 0 amide bonds. The molecule has 0 spiro atoms. The molecule has 1 nitrogen and oxygen atoms in total. The molecule has 102 valence electrons. The standard InChI is InChI=1S/C16H11F3O/c17-16(18,19)12-7-5-10(6-8-12)14-9-11-3-1-2-4-13(11)15(14)20/h1-8,14H,9H2. The number of benzene rings is 2. The third-order valence-electron chi connectivity index (χ3n) is 3.66. The zero-order valence-electron chi connectivity index (χ0n) is 10.4. The summed E-state index contributed by atoms with van der Waals surface area (Å²) >= 11 is 0. The number of Topliss-reactive ketones (excluding diaryl/α,β-unsaturated/α-hetero) is 1. The van der Waals surface area contributed by atoms with Gasteiger partial charge in [-0.05, 0) is 29.7 Å². The molecule has 20 heavy (non-hydrogen) atoms. The molecule has 1 aliphatic carbocycles. The molecule has 1 atom stereocenters. The van der Waals surface area contributed by atoms with Crippen molar-refractivity contribution in [3.05, 3.63) is 70.8 Å². The van der Waals surface area contributed by atoms with E-state index in [2.05, 4.69) is 0 Å². The van der Waals surface area contributed by atoms with Crippen molar-refractivity contribution in [2.45, 2.75) is 18.5 Å². The van der Waals surface area contributed by atoms with Crippen molar-refractivity contribution in [1.29, 1.82) is 0 Å². The van der Waals surface area contributed by atoms with Crippen molar-refractivity contribution in [2.24, 2.45) is 0 Å². The van der Waals surface area contributed by atoms with Crippen LogP contribution in [0.2, 0.25) is 0 Å². The van der Waals surface area contributed by atoms with E-state index in [-0.39, 0.29) is 11.7 Å². The molecule has 4 heteroatoms. The van der Waals surface area contributed by atoms with E-state index < -0.39 is 11.7 Å². The lowest BCUT2D eigenvalue weighted by molar-refractivity contribution is -0.137. The predicted octanol–water partition coefficient (Wildman–Crippen LogP) is 4.23. The van der Waals surface area contributed by atoms with Gasteiger partial charge >= 0.3 is 6.18 Å². The molecular weight excluding hydrogens is 265 g/mol. The van der Waals surface area contributed by atoms with Crippen LogP contribution < -0.4 is 0 Å². The summed E-state index contributed by atoms with van der Waals surface area (Å²) in [4.78, 5) is 12.3. The monoisotopic (exact) mass is 276 g/mol. The molecule has 0 bridgehead atoms. The summed E-state index contributed by atoms with van der Waals surface area (Å²) in [6.07, 6.45) is -3.79. The minimum absolute atomic E-state index is 0.0136. The summed E-state index contributed by atoms with van der Waals surface area (Å²) in [5.74, 6) is -0.380. The molecule has 0 heterocycles. The zero-order valence-corrected chi connectivity index (χ0v) is 10.4. The molecule has 3 rings (SSSR count). The number of alkyl halides is 3. The van der Waals surface area contributed by atoms with E-state index in [0.717, 1.165) is 17.7 Å². The second-order valence-corrected chi connectivity index (χ2v) is 4.90. The van der Waals surface area contributed by atoms with Gasteiger partial charge in [0.1, 0.15) is 0 Å². The highest BCUT2D eigenvalue weighted by Gasteiger charge is 2.33. The molecule has 2 aromatic carbocycles. The molecule has 2 aromatic rings. The Bertz CT molecular complexity index is 656. The molecule has 0 N–H and O–H groups in total. The maximum absolute atomic E-state index is 12.5. The normalized spacial score (nSPS) is 18.1. The van der Waals surface area contributed by atoms with Gasteiger partial charge in [0.25, 0.3) is 0 Å². The maximum atomic E-state index is 12.5. The molecule has 0 radical (unpaired) electrons. The molecule has 0 fully saturated rings. The summed E-state index contributed by atoms with van der Waals surface area (Å²) in [5, 5.41) is 0. The highest BCUT2D eigenvalue weighted by atomic mass is 19.4. The Labute approximate surface area is 114 Å². The average Bonchev–Trinajstić information content (AvgIpc) is 2.76. The first kappa shape index (κ1) is 12.9. The first-order valence-corrected chi connectivity index (χ1v) is 6.26.